The van der Waals surface area contributed by atoms with E-state index in [-0.39, 0.29) is 49.6 Å². The van der Waals surface area contributed by atoms with Crippen LogP contribution in [0.1, 0.15) is 12.0 Å². The summed E-state index contributed by atoms with van der Waals surface area (Å²) in [5, 5.41) is 5.90. The zero-order chi connectivity index (χ0) is 21.4. The number of rotatable bonds is 9. The molecule has 0 aliphatic carbocycles. The first-order valence-corrected chi connectivity index (χ1v) is 8.75. The van der Waals surface area contributed by atoms with Gasteiger partial charge in [0, 0.05) is 31.8 Å². The van der Waals surface area contributed by atoms with Crippen LogP contribution in [0.2, 0.25) is 0 Å². The van der Waals surface area contributed by atoms with Crippen molar-refractivity contribution >= 4 is 29.9 Å². The van der Waals surface area contributed by atoms with Gasteiger partial charge in [-0.15, -0.1) is 24.0 Å². The third-order valence-electron chi connectivity index (χ3n) is 3.90. The average Bonchev–Trinajstić information content (AvgIpc) is 3.06. The second-order valence-electron chi connectivity index (χ2n) is 6.25. The molecule has 0 radical (unpaired) electrons. The average molecular weight is 554 g/mol. The van der Waals surface area contributed by atoms with E-state index >= 15 is 0 Å². The molecule has 13 heteroatoms. The minimum Gasteiger partial charge on any atom is -0.454 e. The van der Waals surface area contributed by atoms with Crippen molar-refractivity contribution in [2.45, 2.75) is 25.8 Å². The Morgan fingerprint density at radius 3 is 2.50 bits per heavy atom. The maximum Gasteiger partial charge on any atom is 0.401 e. The molecule has 0 amide bonds. The molecule has 1 aromatic rings. The van der Waals surface area contributed by atoms with E-state index in [0.29, 0.717) is 36.0 Å². The molecule has 2 N–H and O–H groups in total. The fourth-order valence-corrected chi connectivity index (χ4v) is 2.65. The monoisotopic (exact) mass is 554 g/mol. The van der Waals surface area contributed by atoms with Gasteiger partial charge in [0.05, 0.1) is 6.54 Å². The highest BCUT2D eigenvalue weighted by Crippen LogP contribution is 2.38. The van der Waals surface area contributed by atoms with E-state index in [1.54, 1.807) is 0 Å². The first-order chi connectivity index (χ1) is 13.7. The van der Waals surface area contributed by atoms with E-state index in [1.165, 1.54) is 31.1 Å². The maximum absolute atomic E-state index is 12.7. The fourth-order valence-electron chi connectivity index (χ4n) is 2.65. The van der Waals surface area contributed by atoms with Crippen LogP contribution in [0, 0.1) is 0 Å². The molecule has 7 nitrogen and oxygen atoms in total. The zero-order valence-electron chi connectivity index (χ0n) is 16.4. The fraction of sp³-hybridized carbons (Fsp3) is 0.588. The normalized spacial score (nSPS) is 13.4. The Morgan fingerprint density at radius 2 is 1.90 bits per heavy atom. The van der Waals surface area contributed by atoms with Gasteiger partial charge in [0.25, 0.3) is 0 Å². The summed E-state index contributed by atoms with van der Waals surface area (Å²) >= 11 is 0. The van der Waals surface area contributed by atoms with Crippen LogP contribution < -0.4 is 24.8 Å². The van der Waals surface area contributed by atoms with Crippen molar-refractivity contribution < 1.29 is 36.2 Å². The number of hydrogen-bond donors (Lipinski definition) is 2. The Balaban J connectivity index is 0.00000450. The molecule has 1 aliphatic heterocycles. The molecule has 0 unspecified atom stereocenters. The van der Waals surface area contributed by atoms with Crippen LogP contribution in [-0.2, 0) is 6.54 Å². The van der Waals surface area contributed by atoms with Crippen LogP contribution >= 0.6 is 24.0 Å². The number of ether oxygens (including phenoxy) is 3. The van der Waals surface area contributed by atoms with Crippen molar-refractivity contribution in [3.05, 3.63) is 17.7 Å². The number of nitrogens with one attached hydrogen (secondary N) is 2. The van der Waals surface area contributed by atoms with Gasteiger partial charge in [0.2, 0.25) is 6.79 Å². The summed E-state index contributed by atoms with van der Waals surface area (Å²) in [6.45, 7) is -3.25. The van der Waals surface area contributed by atoms with Crippen LogP contribution in [0.5, 0.6) is 17.2 Å². The van der Waals surface area contributed by atoms with Gasteiger partial charge in [-0.1, -0.05) is 0 Å². The molecule has 1 aliphatic rings. The molecule has 2 rings (SSSR count). The van der Waals surface area contributed by atoms with Gasteiger partial charge in [-0.2, -0.15) is 22.0 Å². The SMILES string of the molecule is CN=C(NCCCN(C)CC(F)(F)F)NCc1cc2c(cc1OC(F)F)OCO2.I. The summed E-state index contributed by atoms with van der Waals surface area (Å²) in [6, 6.07) is 2.87. The molecule has 0 atom stereocenters. The van der Waals surface area contributed by atoms with E-state index < -0.39 is 19.3 Å². The largest absolute Gasteiger partial charge is 0.454 e. The molecule has 0 fully saturated rings. The van der Waals surface area contributed by atoms with Gasteiger partial charge in [-0.05, 0) is 26.1 Å². The van der Waals surface area contributed by atoms with Crippen LogP contribution in [0.25, 0.3) is 0 Å². The second-order valence-corrected chi connectivity index (χ2v) is 6.25. The van der Waals surface area contributed by atoms with E-state index in [2.05, 4.69) is 20.4 Å². The third kappa shape index (κ3) is 8.93. The van der Waals surface area contributed by atoms with Crippen molar-refractivity contribution in [1.82, 2.24) is 15.5 Å². The number of benzene rings is 1. The lowest BCUT2D eigenvalue weighted by Crippen LogP contribution is -2.39. The topological polar surface area (TPSA) is 67.4 Å². The zero-order valence-corrected chi connectivity index (χ0v) is 18.7. The first kappa shape index (κ1) is 26.3. The Kier molecular flexibility index (Phi) is 10.7. The number of aliphatic imine (C=N–C) groups is 1. The summed E-state index contributed by atoms with van der Waals surface area (Å²) in [4.78, 5) is 5.18. The minimum atomic E-state index is -4.23. The van der Waals surface area contributed by atoms with Gasteiger partial charge >= 0.3 is 12.8 Å². The van der Waals surface area contributed by atoms with Crippen LogP contribution in [0.4, 0.5) is 22.0 Å². The predicted molar refractivity (Wildman–Crippen MR) is 111 cm³/mol. The summed E-state index contributed by atoms with van der Waals surface area (Å²) in [7, 11) is 2.91. The van der Waals surface area contributed by atoms with Crippen molar-refractivity contribution in [2.75, 3.05) is 40.5 Å². The Hall–Kier alpha value is -1.77. The standard InChI is InChI=1S/C17H23F5N4O3.HI/c1-23-16(24-4-3-5-26(2)9-17(20,21)22)25-8-11-6-13-14(28-10-27-13)7-12(11)29-15(18)19;/h6-7,15H,3-5,8-10H2,1-2H3,(H2,23,24,25);1H. The number of fused-ring (bicyclic) bond motifs is 1. The van der Waals surface area contributed by atoms with Gasteiger partial charge in [-0.3, -0.25) is 9.89 Å². The van der Waals surface area contributed by atoms with Gasteiger partial charge in [-0.25, -0.2) is 0 Å². The van der Waals surface area contributed by atoms with Crippen molar-refractivity contribution in [1.29, 1.82) is 0 Å². The van der Waals surface area contributed by atoms with E-state index in [0.717, 1.165) is 0 Å². The number of nitrogens with zero attached hydrogens (tertiary/aromatic N) is 2. The molecular formula is C17H24F5IN4O3. The number of hydrogen-bond acceptors (Lipinski definition) is 5. The number of halogens is 6. The molecule has 0 bridgehead atoms. The molecule has 172 valence electrons. The Morgan fingerprint density at radius 1 is 1.23 bits per heavy atom. The van der Waals surface area contributed by atoms with Gasteiger partial charge in [0.15, 0.2) is 17.5 Å². The van der Waals surface area contributed by atoms with Crippen LogP contribution in [-0.4, -0.2) is 64.2 Å². The van der Waals surface area contributed by atoms with Crippen LogP contribution in [0.3, 0.4) is 0 Å². The van der Waals surface area contributed by atoms with Gasteiger partial charge in [0.1, 0.15) is 5.75 Å². The lowest BCUT2D eigenvalue weighted by atomic mass is 10.1. The summed E-state index contributed by atoms with van der Waals surface area (Å²) in [5.74, 6) is 1.04. The molecule has 1 heterocycles. The molecule has 30 heavy (non-hydrogen) atoms. The number of guanidine groups is 1. The lowest BCUT2D eigenvalue weighted by molar-refractivity contribution is -0.143. The number of alkyl halides is 5. The maximum atomic E-state index is 12.7. The third-order valence-corrected chi connectivity index (χ3v) is 3.90. The van der Waals surface area contributed by atoms with E-state index in [9.17, 15) is 22.0 Å². The van der Waals surface area contributed by atoms with E-state index in [4.69, 9.17) is 9.47 Å². The summed E-state index contributed by atoms with van der Waals surface area (Å²) < 4.78 is 77.2. The smallest absolute Gasteiger partial charge is 0.401 e. The first-order valence-electron chi connectivity index (χ1n) is 8.75. The van der Waals surface area contributed by atoms with E-state index in [1.807, 2.05) is 0 Å². The second kappa shape index (κ2) is 12.2. The summed E-state index contributed by atoms with van der Waals surface area (Å²) in [6.07, 6.45) is -3.78. The molecule has 1 aromatic carbocycles. The Labute approximate surface area is 188 Å². The minimum absolute atomic E-state index is 0. The van der Waals surface area contributed by atoms with Gasteiger partial charge < -0.3 is 24.8 Å². The van der Waals surface area contributed by atoms with Crippen molar-refractivity contribution in [3.63, 3.8) is 0 Å². The predicted octanol–water partition coefficient (Wildman–Crippen LogP) is 3.18. The highest BCUT2D eigenvalue weighted by molar-refractivity contribution is 14.0. The molecular weight excluding hydrogens is 530 g/mol. The van der Waals surface area contributed by atoms with Crippen molar-refractivity contribution in [3.8, 4) is 17.2 Å². The highest BCUT2D eigenvalue weighted by Gasteiger charge is 2.28. The molecule has 0 spiro atoms. The summed E-state index contributed by atoms with van der Waals surface area (Å²) in [5.41, 5.74) is 0.405. The highest BCUT2D eigenvalue weighted by atomic mass is 127. The lowest BCUT2D eigenvalue weighted by Gasteiger charge is -2.19. The Bertz CT molecular complexity index is 707. The van der Waals surface area contributed by atoms with Crippen LogP contribution in [0.15, 0.2) is 17.1 Å². The molecule has 0 saturated carbocycles. The van der Waals surface area contributed by atoms with Crippen molar-refractivity contribution in [2.24, 2.45) is 4.99 Å². The molecule has 0 aromatic heterocycles. The quantitative estimate of drug-likeness (QED) is 0.161. The molecule has 0 saturated heterocycles.